The van der Waals surface area contributed by atoms with Crippen molar-refractivity contribution in [1.29, 1.82) is 0 Å². The van der Waals surface area contributed by atoms with Gasteiger partial charge in [-0.15, -0.1) is 13.2 Å². The third-order valence-corrected chi connectivity index (χ3v) is 14.1. The number of fused-ring (bicyclic) bond motifs is 4. The molecule has 5 aromatic carbocycles. The van der Waals surface area contributed by atoms with Gasteiger partial charge in [-0.2, -0.15) is 0 Å². The van der Waals surface area contributed by atoms with Crippen LogP contribution in [0, 0.1) is 23.3 Å². The number of ether oxygens (including phenoxy) is 1. The first-order chi connectivity index (χ1) is 30.5. The summed E-state index contributed by atoms with van der Waals surface area (Å²) in [7, 11) is -4.21. The minimum absolute atomic E-state index is 0.199. The van der Waals surface area contributed by atoms with Crippen molar-refractivity contribution in [3.63, 3.8) is 0 Å². The Kier molecular flexibility index (Phi) is 13.0. The molecule has 0 amide bonds. The zero-order chi connectivity index (χ0) is 45.5. The minimum atomic E-state index is -4.91. The molecule has 4 aliphatic rings. The Balaban J connectivity index is 0.000000192. The first-order valence-electron chi connectivity index (χ1n) is 21.2. The van der Waals surface area contributed by atoms with Crippen molar-refractivity contribution in [1.82, 2.24) is 4.72 Å². The van der Waals surface area contributed by atoms with Gasteiger partial charge in [0.1, 0.15) is 29.0 Å². The van der Waals surface area contributed by atoms with Crippen LogP contribution in [0.4, 0.5) is 53.5 Å². The van der Waals surface area contributed by atoms with Crippen LogP contribution in [0.25, 0.3) is 0 Å². The number of aliphatic hydroxyl groups is 2. The Morgan fingerprint density at radius 3 is 1.38 bits per heavy atom. The maximum atomic E-state index is 14.1. The highest BCUT2D eigenvalue weighted by Gasteiger charge is 2.41. The van der Waals surface area contributed by atoms with E-state index < -0.39 is 58.1 Å². The van der Waals surface area contributed by atoms with Crippen molar-refractivity contribution in [2.45, 2.75) is 112 Å². The number of rotatable bonds is 6. The normalized spacial score (nSPS) is 23.3. The first-order valence-corrected chi connectivity index (χ1v) is 22.7. The monoisotopic (exact) mass is 912 g/mol. The molecule has 2 aliphatic carbocycles. The van der Waals surface area contributed by atoms with E-state index in [2.05, 4.69) is 14.4 Å². The number of aliphatic hydroxyl groups excluding tert-OH is 2. The lowest BCUT2D eigenvalue weighted by Crippen LogP contribution is -2.55. The van der Waals surface area contributed by atoms with E-state index in [1.54, 1.807) is 36.4 Å². The fourth-order valence-corrected chi connectivity index (χ4v) is 10.9. The van der Waals surface area contributed by atoms with E-state index >= 15 is 0 Å². The molecular formula is C47H47F7N4O5S. The number of nitrogens with one attached hydrogen (secondary N) is 1. The summed E-state index contributed by atoms with van der Waals surface area (Å²) in [5.74, 6) is -1.97. The topological polar surface area (TPSA) is 128 Å². The average molecular weight is 913 g/mol. The molecule has 0 radical (unpaired) electrons. The van der Waals surface area contributed by atoms with E-state index in [0.717, 1.165) is 66.0 Å². The second-order valence-corrected chi connectivity index (χ2v) is 18.4. The standard InChI is InChI=1S/C27H25F5N2O4S.C20H22F2N2O/c28-18-6-12-23-16(14-18)4-5-17-15-19(29)7-13-24(17)34(23)25-3-1-2-22(26(25)35)33-39(36,37)21-10-8-20(9-11-21)38-27(30,31)32;21-14-6-8-17-12(10-14)4-5-13-11-15(22)7-9-18(13)24(17)19-3-1-2-16(23)20(19)25/h6-15,22,25-26,33,35H,1-5H2;6-11,16,19-20,25H,1-5,23H2/t22-,25+,26+;16-,19+,20+/m00/s1. The van der Waals surface area contributed by atoms with Gasteiger partial charge in [-0.1, -0.05) is 0 Å². The van der Waals surface area contributed by atoms with E-state index in [1.807, 2.05) is 4.90 Å². The number of nitrogens with two attached hydrogens (primary N) is 1. The zero-order valence-electron chi connectivity index (χ0n) is 34.4. The predicted molar refractivity (Wildman–Crippen MR) is 227 cm³/mol. The summed E-state index contributed by atoms with van der Waals surface area (Å²) in [6, 6.07) is 19.9. The van der Waals surface area contributed by atoms with E-state index in [1.165, 1.54) is 36.4 Å². The molecule has 340 valence electrons. The number of alkyl halides is 3. The highest BCUT2D eigenvalue weighted by molar-refractivity contribution is 7.89. The number of hydrogen-bond donors (Lipinski definition) is 4. The predicted octanol–water partition coefficient (Wildman–Crippen LogP) is 8.80. The van der Waals surface area contributed by atoms with Gasteiger partial charge in [0.05, 0.1) is 35.2 Å². The molecule has 0 bridgehead atoms. The minimum Gasteiger partial charge on any atom is -0.406 e. The van der Waals surface area contributed by atoms with Crippen molar-refractivity contribution < 1.29 is 54.1 Å². The van der Waals surface area contributed by atoms with E-state index in [9.17, 15) is 49.4 Å². The van der Waals surface area contributed by atoms with E-state index in [-0.39, 0.29) is 28.6 Å². The van der Waals surface area contributed by atoms with Crippen LogP contribution < -0.4 is 25.0 Å². The molecule has 2 heterocycles. The van der Waals surface area contributed by atoms with Gasteiger partial charge in [-0.25, -0.2) is 30.7 Å². The summed E-state index contributed by atoms with van der Waals surface area (Å²) in [5.41, 5.74) is 12.3. The number of nitrogens with zero attached hydrogens (tertiary/aromatic N) is 2. The molecule has 2 aliphatic heterocycles. The number of aryl methyl sites for hydroxylation is 4. The quantitative estimate of drug-likeness (QED) is 0.125. The summed E-state index contributed by atoms with van der Waals surface area (Å²) >= 11 is 0. The lowest BCUT2D eigenvalue weighted by Gasteiger charge is -2.43. The lowest BCUT2D eigenvalue weighted by atomic mass is 9.86. The molecule has 64 heavy (non-hydrogen) atoms. The Bertz CT molecular complexity index is 2490. The molecule has 5 aromatic rings. The van der Waals surface area contributed by atoms with Crippen LogP contribution >= 0.6 is 0 Å². The summed E-state index contributed by atoms with van der Waals surface area (Å²) in [6.07, 6.45) is -0.795. The van der Waals surface area contributed by atoms with Gasteiger partial charge in [0.2, 0.25) is 10.0 Å². The van der Waals surface area contributed by atoms with E-state index in [4.69, 9.17) is 5.73 Å². The first kappa shape index (κ1) is 45.4. The van der Waals surface area contributed by atoms with Crippen LogP contribution in [0.5, 0.6) is 5.75 Å². The molecule has 0 saturated heterocycles. The number of anilines is 4. The molecule has 2 fully saturated rings. The van der Waals surface area contributed by atoms with Crippen molar-refractivity contribution in [2.75, 3.05) is 9.80 Å². The molecule has 17 heteroatoms. The molecule has 5 N–H and O–H groups in total. The maximum absolute atomic E-state index is 14.1. The summed E-state index contributed by atoms with van der Waals surface area (Å²) in [4.78, 5) is 3.60. The smallest absolute Gasteiger partial charge is 0.406 e. The van der Waals surface area contributed by atoms with Gasteiger partial charge in [-0.3, -0.25) is 0 Å². The Morgan fingerprint density at radius 2 is 0.969 bits per heavy atom. The van der Waals surface area contributed by atoms with Gasteiger partial charge in [0, 0.05) is 28.8 Å². The molecule has 2 saturated carbocycles. The largest absolute Gasteiger partial charge is 0.573 e. The van der Waals surface area contributed by atoms with Crippen LogP contribution in [-0.2, 0) is 35.7 Å². The average Bonchev–Trinajstić information content (AvgIpc) is 3.49. The van der Waals surface area contributed by atoms with Crippen LogP contribution in [0.2, 0.25) is 0 Å². The fourth-order valence-electron chi connectivity index (χ4n) is 9.60. The van der Waals surface area contributed by atoms with Crippen LogP contribution in [-0.4, -0.2) is 61.4 Å². The molecule has 0 unspecified atom stereocenters. The number of sulfonamides is 1. The third-order valence-electron chi connectivity index (χ3n) is 12.6. The van der Waals surface area contributed by atoms with Gasteiger partial charge in [-0.05, 0) is 184 Å². The number of hydrogen-bond acceptors (Lipinski definition) is 8. The van der Waals surface area contributed by atoms with Crippen molar-refractivity contribution in [3.05, 3.63) is 143 Å². The van der Waals surface area contributed by atoms with Crippen LogP contribution in [0.15, 0.2) is 102 Å². The van der Waals surface area contributed by atoms with Gasteiger partial charge in [0.25, 0.3) is 0 Å². The number of benzene rings is 5. The highest BCUT2D eigenvalue weighted by atomic mass is 32.2. The number of halogens is 7. The fraction of sp³-hybridized carbons (Fsp3) is 0.362. The Labute approximate surface area is 366 Å². The molecule has 0 spiro atoms. The van der Waals surface area contributed by atoms with E-state index in [0.29, 0.717) is 67.4 Å². The van der Waals surface area contributed by atoms with Gasteiger partial charge in [0.15, 0.2) is 0 Å². The maximum Gasteiger partial charge on any atom is 0.573 e. The molecule has 6 atom stereocenters. The van der Waals surface area contributed by atoms with Gasteiger partial charge < -0.3 is 30.5 Å². The molecule has 9 nitrogen and oxygen atoms in total. The summed E-state index contributed by atoms with van der Waals surface area (Å²) in [6.45, 7) is 0. The summed E-state index contributed by atoms with van der Waals surface area (Å²) in [5, 5.41) is 22.2. The molecule has 0 aromatic heterocycles. The lowest BCUT2D eigenvalue weighted by molar-refractivity contribution is -0.274. The van der Waals surface area contributed by atoms with Crippen molar-refractivity contribution in [2.24, 2.45) is 5.73 Å². The molecule has 9 rings (SSSR count). The second kappa shape index (κ2) is 18.4. The van der Waals surface area contributed by atoms with Crippen molar-refractivity contribution >= 4 is 32.8 Å². The van der Waals surface area contributed by atoms with Crippen LogP contribution in [0.3, 0.4) is 0 Å². The zero-order valence-corrected chi connectivity index (χ0v) is 35.2. The third kappa shape index (κ3) is 9.73. The van der Waals surface area contributed by atoms with Crippen molar-refractivity contribution in [3.8, 4) is 5.75 Å². The van der Waals surface area contributed by atoms with Gasteiger partial charge >= 0.3 is 6.36 Å². The SMILES string of the molecule is N[C@H]1CCC[C@@H](N2c3ccc(F)cc3CCc3cc(F)ccc32)[C@@H]1O.O=S(=O)(N[C@H]1CCC[C@@H](N2c3ccc(F)cc3CCc3cc(F)ccc32)[C@@H]1O)c1ccc(OC(F)(F)F)cc1. The second-order valence-electron chi connectivity index (χ2n) is 16.7. The Hall–Kier alpha value is -5.20. The molecular weight excluding hydrogens is 866 g/mol. The Morgan fingerprint density at radius 1 is 0.578 bits per heavy atom. The highest BCUT2D eigenvalue weighted by Crippen LogP contribution is 2.43. The summed E-state index contributed by atoms with van der Waals surface area (Å²) < 4.78 is 126. The van der Waals surface area contributed by atoms with Crippen LogP contribution in [0.1, 0.15) is 60.8 Å².